The highest BCUT2D eigenvalue weighted by Gasteiger charge is 2.54. The van der Waals surface area contributed by atoms with Gasteiger partial charge in [0.25, 0.3) is 0 Å². The number of hydrogen-bond acceptors (Lipinski definition) is 3. The Morgan fingerprint density at radius 1 is 1.53 bits per heavy atom. The van der Waals surface area contributed by atoms with Crippen LogP contribution in [-0.2, 0) is 4.79 Å². The van der Waals surface area contributed by atoms with Crippen LogP contribution in [0.1, 0.15) is 19.8 Å². The van der Waals surface area contributed by atoms with Crippen molar-refractivity contribution in [3.63, 3.8) is 0 Å². The Morgan fingerprint density at radius 2 is 2.05 bits per heavy atom. The fourth-order valence-electron chi connectivity index (χ4n) is 2.05. The third kappa shape index (κ3) is 3.70. The second-order valence-corrected chi connectivity index (χ2v) is 4.78. The van der Waals surface area contributed by atoms with Crippen LogP contribution in [-0.4, -0.2) is 53.4 Å². The number of rotatable bonds is 4. The Morgan fingerprint density at radius 3 is 2.47 bits per heavy atom. The lowest BCUT2D eigenvalue weighted by Crippen LogP contribution is -2.56. The summed E-state index contributed by atoms with van der Waals surface area (Å²) in [5.74, 6) is -0.252. The molecule has 1 unspecified atom stereocenters. The summed E-state index contributed by atoms with van der Waals surface area (Å²) in [4.78, 5) is 13.3. The second-order valence-electron chi connectivity index (χ2n) is 4.78. The lowest BCUT2D eigenvalue weighted by Gasteiger charge is -2.40. The number of halogens is 3. The average Bonchev–Trinajstić information content (AvgIpc) is 2.34. The number of alkyl halides is 3. The highest BCUT2D eigenvalue weighted by molar-refractivity contribution is 5.81. The molecule has 0 aliphatic carbocycles. The summed E-state index contributed by atoms with van der Waals surface area (Å²) >= 11 is 0. The van der Waals surface area contributed by atoms with Crippen molar-refractivity contribution in [2.45, 2.75) is 37.6 Å². The molecular weight excluding hydrogens is 261 g/mol. The van der Waals surface area contributed by atoms with Crippen LogP contribution in [0, 0.1) is 0 Å². The summed E-state index contributed by atoms with van der Waals surface area (Å²) in [5.41, 5.74) is -2.62. The van der Waals surface area contributed by atoms with E-state index in [1.165, 1.54) is 6.08 Å². The topological polar surface area (TPSA) is 52.6 Å². The number of amides is 1. The average molecular weight is 280 g/mol. The SMILES string of the molecule is C=CCNC(=O)C(C)N1CCC(O)(C(F)(F)F)CC1. The third-order valence-electron chi connectivity index (χ3n) is 3.50. The Balaban J connectivity index is 2.54. The number of nitrogens with one attached hydrogen (secondary N) is 1. The maximum absolute atomic E-state index is 12.6. The number of piperidine rings is 1. The molecule has 0 spiro atoms. The molecule has 7 heteroatoms. The van der Waals surface area contributed by atoms with Crippen molar-refractivity contribution in [1.82, 2.24) is 10.2 Å². The monoisotopic (exact) mass is 280 g/mol. The predicted molar refractivity (Wildman–Crippen MR) is 64.5 cm³/mol. The molecular formula is C12H19F3N2O2. The van der Waals surface area contributed by atoms with Gasteiger partial charge in [-0.05, 0) is 19.8 Å². The van der Waals surface area contributed by atoms with E-state index in [0.29, 0.717) is 6.54 Å². The van der Waals surface area contributed by atoms with Crippen molar-refractivity contribution in [2.75, 3.05) is 19.6 Å². The molecule has 2 N–H and O–H groups in total. The van der Waals surface area contributed by atoms with Gasteiger partial charge < -0.3 is 10.4 Å². The van der Waals surface area contributed by atoms with E-state index < -0.39 is 30.7 Å². The Bertz CT molecular complexity index is 336. The molecule has 1 fully saturated rings. The molecule has 0 aromatic heterocycles. The van der Waals surface area contributed by atoms with Gasteiger partial charge in [-0.3, -0.25) is 9.69 Å². The van der Waals surface area contributed by atoms with Gasteiger partial charge in [0.15, 0.2) is 5.60 Å². The number of carbonyl (C=O) groups is 1. The number of aliphatic hydroxyl groups is 1. The predicted octanol–water partition coefficient (Wildman–Crippen LogP) is 1.07. The van der Waals surface area contributed by atoms with E-state index >= 15 is 0 Å². The van der Waals surface area contributed by atoms with Crippen molar-refractivity contribution >= 4 is 5.91 Å². The Hall–Kier alpha value is -1.08. The van der Waals surface area contributed by atoms with Crippen LogP contribution >= 0.6 is 0 Å². The first-order chi connectivity index (χ1) is 8.71. The van der Waals surface area contributed by atoms with Gasteiger partial charge >= 0.3 is 6.18 Å². The smallest absolute Gasteiger partial charge is 0.380 e. The summed E-state index contributed by atoms with van der Waals surface area (Å²) in [5, 5.41) is 12.1. The minimum atomic E-state index is -4.62. The quantitative estimate of drug-likeness (QED) is 0.757. The summed E-state index contributed by atoms with van der Waals surface area (Å²) in [6.07, 6.45) is -3.90. The normalized spacial score (nSPS) is 21.7. The Labute approximate surface area is 110 Å². The van der Waals surface area contributed by atoms with E-state index in [9.17, 15) is 23.1 Å². The molecule has 1 amide bonds. The maximum atomic E-state index is 12.6. The molecule has 0 saturated carbocycles. The second kappa shape index (κ2) is 5.92. The van der Waals surface area contributed by atoms with Crippen LogP contribution in [0.2, 0.25) is 0 Å². The first kappa shape index (κ1) is 16.0. The molecule has 1 heterocycles. The minimum Gasteiger partial charge on any atom is -0.380 e. The van der Waals surface area contributed by atoms with Crippen LogP contribution in [0.15, 0.2) is 12.7 Å². The van der Waals surface area contributed by atoms with Gasteiger partial charge in [0.2, 0.25) is 5.91 Å². The summed E-state index contributed by atoms with van der Waals surface area (Å²) in [6, 6.07) is -0.516. The molecule has 1 saturated heterocycles. The first-order valence-electron chi connectivity index (χ1n) is 6.13. The Kier molecular flexibility index (Phi) is 4.98. The highest BCUT2D eigenvalue weighted by Crippen LogP contribution is 2.38. The fourth-order valence-corrected chi connectivity index (χ4v) is 2.05. The van der Waals surface area contributed by atoms with E-state index in [0.717, 1.165) is 0 Å². The molecule has 0 aromatic carbocycles. The van der Waals surface area contributed by atoms with E-state index in [4.69, 9.17) is 0 Å². The van der Waals surface area contributed by atoms with Crippen LogP contribution in [0.25, 0.3) is 0 Å². The number of likely N-dealkylation sites (tertiary alicyclic amines) is 1. The molecule has 110 valence electrons. The van der Waals surface area contributed by atoms with E-state index in [1.807, 2.05) is 0 Å². The number of hydrogen-bond donors (Lipinski definition) is 2. The molecule has 1 aliphatic rings. The zero-order chi connectivity index (χ0) is 14.7. The van der Waals surface area contributed by atoms with Gasteiger partial charge in [0, 0.05) is 19.6 Å². The molecule has 0 radical (unpaired) electrons. The van der Waals surface area contributed by atoms with Gasteiger partial charge in [-0.25, -0.2) is 0 Å². The van der Waals surface area contributed by atoms with Crippen molar-refractivity contribution in [2.24, 2.45) is 0 Å². The van der Waals surface area contributed by atoms with Crippen molar-refractivity contribution in [3.8, 4) is 0 Å². The van der Waals surface area contributed by atoms with Crippen LogP contribution < -0.4 is 5.32 Å². The highest BCUT2D eigenvalue weighted by atomic mass is 19.4. The van der Waals surface area contributed by atoms with Crippen molar-refractivity contribution in [3.05, 3.63) is 12.7 Å². The lowest BCUT2D eigenvalue weighted by molar-refractivity contribution is -0.273. The third-order valence-corrected chi connectivity index (χ3v) is 3.50. The van der Waals surface area contributed by atoms with Crippen LogP contribution in [0.3, 0.4) is 0 Å². The van der Waals surface area contributed by atoms with Gasteiger partial charge in [0.05, 0.1) is 6.04 Å². The molecule has 1 atom stereocenters. The summed E-state index contributed by atoms with van der Waals surface area (Å²) in [6.45, 7) is 5.50. The zero-order valence-corrected chi connectivity index (χ0v) is 10.8. The number of nitrogens with zero attached hydrogens (tertiary/aromatic N) is 1. The van der Waals surface area contributed by atoms with Gasteiger partial charge in [-0.15, -0.1) is 6.58 Å². The van der Waals surface area contributed by atoms with Crippen LogP contribution in [0.4, 0.5) is 13.2 Å². The molecule has 1 rings (SSSR count). The number of carbonyl (C=O) groups excluding carboxylic acids is 1. The van der Waals surface area contributed by atoms with E-state index in [2.05, 4.69) is 11.9 Å². The van der Waals surface area contributed by atoms with Crippen molar-refractivity contribution < 1.29 is 23.1 Å². The van der Waals surface area contributed by atoms with Gasteiger partial charge in [-0.2, -0.15) is 13.2 Å². The zero-order valence-electron chi connectivity index (χ0n) is 10.8. The van der Waals surface area contributed by atoms with Crippen LogP contribution in [0.5, 0.6) is 0 Å². The lowest BCUT2D eigenvalue weighted by atomic mass is 9.90. The molecule has 4 nitrogen and oxygen atoms in total. The molecule has 0 aromatic rings. The summed E-state index contributed by atoms with van der Waals surface area (Å²) in [7, 11) is 0. The first-order valence-corrected chi connectivity index (χ1v) is 6.13. The largest absolute Gasteiger partial charge is 0.417 e. The summed E-state index contributed by atoms with van der Waals surface area (Å²) < 4.78 is 37.9. The van der Waals surface area contributed by atoms with E-state index in [-0.39, 0.29) is 19.0 Å². The fraction of sp³-hybridized carbons (Fsp3) is 0.750. The van der Waals surface area contributed by atoms with Gasteiger partial charge in [0.1, 0.15) is 0 Å². The standard InChI is InChI=1S/C12H19F3N2O2/c1-3-6-16-10(18)9(2)17-7-4-11(19,5-8-17)12(13,14)15/h3,9,19H,1,4-8H2,2H3,(H,16,18). The maximum Gasteiger partial charge on any atom is 0.417 e. The molecule has 0 bridgehead atoms. The molecule has 1 aliphatic heterocycles. The minimum absolute atomic E-state index is 0.0404. The van der Waals surface area contributed by atoms with Crippen molar-refractivity contribution in [1.29, 1.82) is 0 Å². The molecule has 19 heavy (non-hydrogen) atoms. The van der Waals surface area contributed by atoms with Gasteiger partial charge in [-0.1, -0.05) is 6.08 Å². The van der Waals surface area contributed by atoms with E-state index in [1.54, 1.807) is 11.8 Å².